The Balaban J connectivity index is 2.66. The van der Waals surface area contributed by atoms with E-state index in [0.29, 0.717) is 12.2 Å². The van der Waals surface area contributed by atoms with Crippen LogP contribution in [0.1, 0.15) is 19.8 Å². The van der Waals surface area contributed by atoms with Crippen LogP contribution in [0.5, 0.6) is 0 Å². The highest BCUT2D eigenvalue weighted by Gasteiger charge is 2.19. The first-order valence-electron chi connectivity index (χ1n) is 4.00. The van der Waals surface area contributed by atoms with Crippen LogP contribution >= 0.6 is 0 Å². The Morgan fingerprint density at radius 3 is 2.64 bits per heavy atom. The molecule has 2 nitrogen and oxygen atoms in total. The van der Waals surface area contributed by atoms with E-state index < -0.39 is 0 Å². The molecule has 0 aliphatic heterocycles. The van der Waals surface area contributed by atoms with E-state index in [9.17, 15) is 4.79 Å². The molecule has 0 N–H and O–H groups in total. The first-order chi connectivity index (χ1) is 5.11. The summed E-state index contributed by atoms with van der Waals surface area (Å²) >= 11 is 0. The number of carbonyl (C=O) groups excluding carboxylic acids is 1. The third kappa shape index (κ3) is 1.82. The summed E-state index contributed by atoms with van der Waals surface area (Å²) in [7, 11) is 4.04. The van der Waals surface area contributed by atoms with Crippen molar-refractivity contribution in [2.24, 2.45) is 5.92 Å². The fraction of sp³-hybridized carbons (Fsp3) is 0.667. The van der Waals surface area contributed by atoms with Crippen molar-refractivity contribution >= 4 is 5.78 Å². The van der Waals surface area contributed by atoms with E-state index in [0.717, 1.165) is 6.42 Å². The average molecular weight is 153 g/mol. The number of hydrogen-bond donors (Lipinski definition) is 0. The summed E-state index contributed by atoms with van der Waals surface area (Å²) in [5, 5.41) is 0. The first kappa shape index (κ1) is 8.31. The summed E-state index contributed by atoms with van der Waals surface area (Å²) in [5.74, 6) is 0.591. The van der Waals surface area contributed by atoms with Crippen molar-refractivity contribution in [3.8, 4) is 0 Å². The standard InChI is InChI=1S/C9H15NO/c1-7-6-8(10(2)3)4-5-9(7)11/h4,7H,5-6H2,1-3H3. The number of allylic oxidation sites excluding steroid dienone is 2. The van der Waals surface area contributed by atoms with Gasteiger partial charge in [-0.3, -0.25) is 4.79 Å². The summed E-state index contributed by atoms with van der Waals surface area (Å²) in [6.45, 7) is 2.00. The van der Waals surface area contributed by atoms with Gasteiger partial charge in [-0.1, -0.05) is 13.0 Å². The lowest BCUT2D eigenvalue weighted by atomic mass is 9.92. The van der Waals surface area contributed by atoms with Gasteiger partial charge in [0.2, 0.25) is 0 Å². The van der Waals surface area contributed by atoms with Crippen LogP contribution < -0.4 is 0 Å². The van der Waals surface area contributed by atoms with E-state index >= 15 is 0 Å². The monoisotopic (exact) mass is 153 g/mol. The van der Waals surface area contributed by atoms with Gasteiger partial charge in [0, 0.05) is 32.1 Å². The first-order valence-corrected chi connectivity index (χ1v) is 4.00. The molecule has 0 aromatic rings. The van der Waals surface area contributed by atoms with Crippen molar-refractivity contribution in [2.75, 3.05) is 14.1 Å². The Morgan fingerprint density at radius 2 is 2.18 bits per heavy atom. The zero-order valence-corrected chi connectivity index (χ0v) is 7.42. The molecule has 0 radical (unpaired) electrons. The number of carbonyl (C=O) groups is 1. The third-order valence-corrected chi connectivity index (χ3v) is 2.18. The molecule has 1 unspecified atom stereocenters. The van der Waals surface area contributed by atoms with E-state index in [1.165, 1.54) is 5.70 Å². The van der Waals surface area contributed by atoms with Crippen molar-refractivity contribution in [3.63, 3.8) is 0 Å². The average Bonchev–Trinajstić information content (AvgIpc) is 1.94. The second-order valence-electron chi connectivity index (χ2n) is 3.37. The number of ketones is 1. The fourth-order valence-electron chi connectivity index (χ4n) is 1.30. The van der Waals surface area contributed by atoms with Gasteiger partial charge < -0.3 is 4.90 Å². The predicted octanol–water partition coefficient (Wildman–Crippen LogP) is 1.43. The van der Waals surface area contributed by atoms with Gasteiger partial charge in [0.15, 0.2) is 0 Å². The van der Waals surface area contributed by atoms with Crippen molar-refractivity contribution in [1.82, 2.24) is 4.90 Å². The van der Waals surface area contributed by atoms with Crippen molar-refractivity contribution in [3.05, 3.63) is 11.8 Å². The van der Waals surface area contributed by atoms with E-state index in [4.69, 9.17) is 0 Å². The molecule has 0 aromatic heterocycles. The lowest BCUT2D eigenvalue weighted by molar-refractivity contribution is -0.122. The van der Waals surface area contributed by atoms with Gasteiger partial charge >= 0.3 is 0 Å². The second-order valence-corrected chi connectivity index (χ2v) is 3.37. The third-order valence-electron chi connectivity index (χ3n) is 2.18. The Hall–Kier alpha value is -0.790. The molecule has 0 heterocycles. The molecule has 0 amide bonds. The second kappa shape index (κ2) is 3.07. The molecule has 1 rings (SSSR count). The number of Topliss-reactive ketones (excluding diaryl/α,β-unsaturated/α-hetero) is 1. The topological polar surface area (TPSA) is 20.3 Å². The van der Waals surface area contributed by atoms with E-state index in [1.807, 2.05) is 27.1 Å². The fourth-order valence-corrected chi connectivity index (χ4v) is 1.30. The molecule has 11 heavy (non-hydrogen) atoms. The van der Waals surface area contributed by atoms with Crippen LogP contribution in [-0.4, -0.2) is 24.8 Å². The minimum absolute atomic E-state index is 0.220. The maximum atomic E-state index is 11.1. The molecule has 0 fully saturated rings. The van der Waals surface area contributed by atoms with Crippen LogP contribution in [0.15, 0.2) is 11.8 Å². The Bertz CT molecular complexity index is 194. The van der Waals surface area contributed by atoms with Gasteiger partial charge in [0.1, 0.15) is 5.78 Å². The van der Waals surface area contributed by atoms with E-state index in [-0.39, 0.29) is 5.92 Å². The van der Waals surface area contributed by atoms with E-state index in [1.54, 1.807) is 0 Å². The minimum Gasteiger partial charge on any atom is -0.381 e. The minimum atomic E-state index is 0.220. The smallest absolute Gasteiger partial charge is 0.139 e. The van der Waals surface area contributed by atoms with Crippen molar-refractivity contribution in [1.29, 1.82) is 0 Å². The molecule has 0 bridgehead atoms. The predicted molar refractivity (Wildman–Crippen MR) is 45.2 cm³/mol. The summed E-state index contributed by atoms with van der Waals surface area (Å²) in [6, 6.07) is 0. The van der Waals surface area contributed by atoms with Crippen molar-refractivity contribution in [2.45, 2.75) is 19.8 Å². The van der Waals surface area contributed by atoms with Crippen molar-refractivity contribution < 1.29 is 4.79 Å². The van der Waals surface area contributed by atoms with Crippen LogP contribution in [-0.2, 0) is 4.79 Å². The molecule has 0 saturated carbocycles. The molecule has 2 heteroatoms. The Labute approximate surface area is 67.9 Å². The molecule has 0 aromatic carbocycles. The summed E-state index contributed by atoms with van der Waals surface area (Å²) < 4.78 is 0. The van der Waals surface area contributed by atoms with Gasteiger partial charge in [-0.25, -0.2) is 0 Å². The lowest BCUT2D eigenvalue weighted by Gasteiger charge is -2.23. The summed E-state index contributed by atoms with van der Waals surface area (Å²) in [4.78, 5) is 13.2. The van der Waals surface area contributed by atoms with Gasteiger partial charge in [-0.15, -0.1) is 0 Å². The largest absolute Gasteiger partial charge is 0.381 e. The maximum Gasteiger partial charge on any atom is 0.139 e. The Morgan fingerprint density at radius 1 is 1.55 bits per heavy atom. The highest BCUT2D eigenvalue weighted by molar-refractivity contribution is 5.83. The van der Waals surface area contributed by atoms with Gasteiger partial charge in [-0.2, -0.15) is 0 Å². The number of nitrogens with zero attached hydrogens (tertiary/aromatic N) is 1. The molecule has 0 spiro atoms. The van der Waals surface area contributed by atoms with E-state index in [2.05, 4.69) is 4.90 Å². The van der Waals surface area contributed by atoms with Gasteiger partial charge in [-0.05, 0) is 6.42 Å². The molecular weight excluding hydrogens is 138 g/mol. The molecule has 1 atom stereocenters. The van der Waals surface area contributed by atoms with Crippen LogP contribution in [0.2, 0.25) is 0 Å². The van der Waals surface area contributed by atoms with Gasteiger partial charge in [0.05, 0.1) is 0 Å². The molecule has 1 aliphatic carbocycles. The lowest BCUT2D eigenvalue weighted by Crippen LogP contribution is -2.22. The molecular formula is C9H15NO. The zero-order chi connectivity index (χ0) is 8.43. The zero-order valence-electron chi connectivity index (χ0n) is 7.42. The Kier molecular flexibility index (Phi) is 2.32. The number of hydrogen-bond acceptors (Lipinski definition) is 2. The molecule has 62 valence electrons. The highest BCUT2D eigenvalue weighted by Crippen LogP contribution is 2.21. The summed E-state index contributed by atoms with van der Waals surface area (Å²) in [5.41, 5.74) is 1.29. The van der Waals surface area contributed by atoms with Crippen LogP contribution in [0.25, 0.3) is 0 Å². The summed E-state index contributed by atoms with van der Waals surface area (Å²) in [6.07, 6.45) is 3.56. The molecule has 1 aliphatic rings. The SMILES string of the molecule is CC1CC(N(C)C)=CCC1=O. The van der Waals surface area contributed by atoms with Crippen LogP contribution in [0, 0.1) is 5.92 Å². The molecule has 0 saturated heterocycles. The van der Waals surface area contributed by atoms with Gasteiger partial charge in [0.25, 0.3) is 0 Å². The van der Waals surface area contributed by atoms with Crippen LogP contribution in [0.4, 0.5) is 0 Å². The maximum absolute atomic E-state index is 11.1. The van der Waals surface area contributed by atoms with Crippen LogP contribution in [0.3, 0.4) is 0 Å². The highest BCUT2D eigenvalue weighted by atomic mass is 16.1. The quantitative estimate of drug-likeness (QED) is 0.568. The normalized spacial score (nSPS) is 24.8. The number of rotatable bonds is 1.